The lowest BCUT2D eigenvalue weighted by molar-refractivity contribution is 0.0945. The number of hydrogen-bond acceptors (Lipinski definition) is 3. The van der Waals surface area contributed by atoms with Gasteiger partial charge >= 0.3 is 0 Å². The third-order valence-electron chi connectivity index (χ3n) is 2.97. The molecule has 0 unspecified atom stereocenters. The van der Waals surface area contributed by atoms with Crippen LogP contribution in [0.4, 0.5) is 4.39 Å². The minimum Gasteiger partial charge on any atom is -0.345 e. The maximum Gasteiger partial charge on any atom is 0.254 e. The molecule has 1 amide bonds. The number of halogens is 2. The number of hydrogen-bond donors (Lipinski definition) is 1. The first-order valence-corrected chi connectivity index (χ1v) is 6.96. The Hall–Kier alpha value is -2.28. The molecule has 2 aromatic heterocycles. The fraction of sp³-hybridized carbons (Fsp3) is 0.0714. The van der Waals surface area contributed by atoms with Crippen LogP contribution < -0.4 is 5.32 Å². The van der Waals surface area contributed by atoms with E-state index in [1.807, 2.05) is 18.2 Å². The molecule has 0 fully saturated rings. The highest BCUT2D eigenvalue weighted by atomic mass is 79.9. The Balaban J connectivity index is 1.77. The molecular weight excluding hydrogens is 339 g/mol. The van der Waals surface area contributed by atoms with E-state index in [2.05, 4.69) is 31.4 Å². The highest BCUT2D eigenvalue weighted by Crippen LogP contribution is 2.15. The molecule has 0 radical (unpaired) electrons. The summed E-state index contributed by atoms with van der Waals surface area (Å²) >= 11 is 3.15. The van der Waals surface area contributed by atoms with Gasteiger partial charge < -0.3 is 5.32 Å². The van der Waals surface area contributed by atoms with Crippen LogP contribution in [-0.4, -0.2) is 20.5 Å². The molecule has 2 heterocycles. The second-order valence-corrected chi connectivity index (χ2v) is 5.27. The van der Waals surface area contributed by atoms with Crippen molar-refractivity contribution in [2.45, 2.75) is 6.54 Å². The minimum atomic E-state index is -0.576. The molecule has 0 spiro atoms. The van der Waals surface area contributed by atoms with Gasteiger partial charge in [-0.1, -0.05) is 22.0 Å². The Morgan fingerprint density at radius 2 is 2.14 bits per heavy atom. The number of nitrogens with zero attached hydrogens (tertiary/aromatic N) is 3. The van der Waals surface area contributed by atoms with Crippen molar-refractivity contribution in [3.8, 4) is 0 Å². The summed E-state index contributed by atoms with van der Waals surface area (Å²) in [7, 11) is 0. The zero-order valence-corrected chi connectivity index (χ0v) is 12.3. The summed E-state index contributed by atoms with van der Waals surface area (Å²) in [6.45, 7) is 0.166. The average molecular weight is 349 g/mol. The van der Waals surface area contributed by atoms with Crippen LogP contribution in [0.3, 0.4) is 0 Å². The van der Waals surface area contributed by atoms with Gasteiger partial charge in [-0.25, -0.2) is 4.39 Å². The third-order valence-corrected chi connectivity index (χ3v) is 3.46. The molecule has 0 aliphatic rings. The van der Waals surface area contributed by atoms with Gasteiger partial charge in [-0.15, -0.1) is 10.2 Å². The van der Waals surface area contributed by atoms with Crippen LogP contribution in [0.1, 0.15) is 16.2 Å². The SMILES string of the molecule is O=C(NCc1nnc2ccccn12)c1ccc(Br)cc1F. The molecule has 0 aliphatic heterocycles. The van der Waals surface area contributed by atoms with Gasteiger partial charge in [0, 0.05) is 10.7 Å². The number of carbonyl (C=O) groups is 1. The molecule has 106 valence electrons. The number of aromatic nitrogens is 3. The van der Waals surface area contributed by atoms with Crippen molar-refractivity contribution < 1.29 is 9.18 Å². The predicted molar refractivity (Wildman–Crippen MR) is 78.3 cm³/mol. The molecule has 0 bridgehead atoms. The maximum atomic E-state index is 13.7. The Kier molecular flexibility index (Phi) is 3.66. The van der Waals surface area contributed by atoms with Gasteiger partial charge in [0.1, 0.15) is 5.82 Å². The maximum absolute atomic E-state index is 13.7. The van der Waals surface area contributed by atoms with Gasteiger partial charge in [-0.3, -0.25) is 9.20 Å². The lowest BCUT2D eigenvalue weighted by atomic mass is 10.2. The lowest BCUT2D eigenvalue weighted by Crippen LogP contribution is -2.24. The first-order valence-electron chi connectivity index (χ1n) is 6.17. The minimum absolute atomic E-state index is 0.00739. The second-order valence-electron chi connectivity index (χ2n) is 4.35. The van der Waals surface area contributed by atoms with E-state index in [0.29, 0.717) is 15.9 Å². The largest absolute Gasteiger partial charge is 0.345 e. The Morgan fingerprint density at radius 3 is 2.95 bits per heavy atom. The number of carbonyl (C=O) groups excluding carboxylic acids is 1. The molecule has 21 heavy (non-hydrogen) atoms. The molecule has 3 rings (SSSR count). The van der Waals surface area contributed by atoms with E-state index in [0.717, 1.165) is 0 Å². The second kappa shape index (κ2) is 5.61. The molecule has 0 aliphatic carbocycles. The number of benzene rings is 1. The van der Waals surface area contributed by atoms with Gasteiger partial charge in [0.25, 0.3) is 5.91 Å². The van der Waals surface area contributed by atoms with Crippen molar-refractivity contribution in [3.63, 3.8) is 0 Å². The molecule has 7 heteroatoms. The van der Waals surface area contributed by atoms with Gasteiger partial charge in [-0.2, -0.15) is 0 Å². The molecule has 0 atom stereocenters. The fourth-order valence-corrected chi connectivity index (χ4v) is 2.27. The van der Waals surface area contributed by atoms with Crippen molar-refractivity contribution in [1.29, 1.82) is 0 Å². The number of pyridine rings is 1. The van der Waals surface area contributed by atoms with Crippen molar-refractivity contribution in [2.75, 3.05) is 0 Å². The van der Waals surface area contributed by atoms with Crippen molar-refractivity contribution in [3.05, 3.63) is 64.3 Å². The van der Waals surface area contributed by atoms with Crippen LogP contribution in [0.2, 0.25) is 0 Å². The van der Waals surface area contributed by atoms with Gasteiger partial charge in [0.2, 0.25) is 0 Å². The monoisotopic (exact) mass is 348 g/mol. The smallest absolute Gasteiger partial charge is 0.254 e. The summed E-state index contributed by atoms with van der Waals surface area (Å²) in [6.07, 6.45) is 1.80. The van der Waals surface area contributed by atoms with Crippen molar-refractivity contribution >= 4 is 27.5 Å². The Bertz CT molecular complexity index is 818. The van der Waals surface area contributed by atoms with E-state index in [-0.39, 0.29) is 12.1 Å². The van der Waals surface area contributed by atoms with Crippen LogP contribution in [0.25, 0.3) is 5.65 Å². The van der Waals surface area contributed by atoms with Gasteiger partial charge in [0.05, 0.1) is 12.1 Å². The normalized spacial score (nSPS) is 10.8. The third kappa shape index (κ3) is 2.78. The standard InChI is InChI=1S/C14H10BrFN4O/c15-9-4-5-10(11(16)7-9)14(21)17-8-13-19-18-12-3-1-2-6-20(12)13/h1-7H,8H2,(H,17,21). The number of amides is 1. The number of nitrogens with one attached hydrogen (secondary N) is 1. The topological polar surface area (TPSA) is 59.3 Å². The first kappa shape index (κ1) is 13.7. The Labute approximate surface area is 127 Å². The van der Waals surface area contributed by atoms with Crippen LogP contribution in [0, 0.1) is 5.82 Å². The molecule has 1 N–H and O–H groups in total. The summed E-state index contributed by atoms with van der Waals surface area (Å²) in [4.78, 5) is 12.0. The highest BCUT2D eigenvalue weighted by molar-refractivity contribution is 9.10. The van der Waals surface area contributed by atoms with E-state index in [1.165, 1.54) is 12.1 Å². The summed E-state index contributed by atoms with van der Waals surface area (Å²) in [5.74, 6) is -0.489. The molecule has 0 saturated heterocycles. The molecular formula is C14H10BrFN4O. The van der Waals surface area contributed by atoms with Crippen molar-refractivity contribution in [2.24, 2.45) is 0 Å². The highest BCUT2D eigenvalue weighted by Gasteiger charge is 2.13. The lowest BCUT2D eigenvalue weighted by Gasteiger charge is -2.05. The van der Waals surface area contributed by atoms with E-state index in [9.17, 15) is 9.18 Å². The predicted octanol–water partition coefficient (Wildman–Crippen LogP) is 2.56. The molecule has 5 nitrogen and oxygen atoms in total. The zero-order valence-electron chi connectivity index (χ0n) is 10.8. The first-order chi connectivity index (χ1) is 10.1. The summed E-state index contributed by atoms with van der Waals surface area (Å²) < 4.78 is 16.0. The quantitative estimate of drug-likeness (QED) is 0.791. The van der Waals surface area contributed by atoms with E-state index in [4.69, 9.17) is 0 Å². The number of fused-ring (bicyclic) bond motifs is 1. The van der Waals surface area contributed by atoms with Crippen LogP contribution in [-0.2, 0) is 6.54 Å². The van der Waals surface area contributed by atoms with Gasteiger partial charge in [-0.05, 0) is 30.3 Å². The summed E-state index contributed by atoms with van der Waals surface area (Å²) in [6, 6.07) is 9.80. The van der Waals surface area contributed by atoms with E-state index < -0.39 is 11.7 Å². The molecule has 0 saturated carbocycles. The van der Waals surface area contributed by atoms with Crippen LogP contribution in [0.5, 0.6) is 0 Å². The Morgan fingerprint density at radius 1 is 1.29 bits per heavy atom. The average Bonchev–Trinajstić information content (AvgIpc) is 2.88. The van der Waals surface area contributed by atoms with Gasteiger partial charge in [0.15, 0.2) is 11.5 Å². The molecule has 3 aromatic rings. The van der Waals surface area contributed by atoms with E-state index >= 15 is 0 Å². The van der Waals surface area contributed by atoms with Crippen molar-refractivity contribution in [1.82, 2.24) is 19.9 Å². The van der Waals surface area contributed by atoms with Crippen LogP contribution in [0.15, 0.2) is 47.1 Å². The fourth-order valence-electron chi connectivity index (χ4n) is 1.94. The zero-order chi connectivity index (χ0) is 14.8. The van der Waals surface area contributed by atoms with E-state index in [1.54, 1.807) is 16.7 Å². The molecule has 1 aromatic carbocycles. The summed E-state index contributed by atoms with van der Waals surface area (Å²) in [5, 5.41) is 10.6. The summed E-state index contributed by atoms with van der Waals surface area (Å²) in [5.41, 5.74) is 0.684. The number of rotatable bonds is 3. The van der Waals surface area contributed by atoms with Crippen LogP contribution >= 0.6 is 15.9 Å².